The minimum absolute atomic E-state index is 0.0105. The van der Waals surface area contributed by atoms with Gasteiger partial charge in [0.1, 0.15) is 13.2 Å². The number of hydrogen-bond acceptors (Lipinski definition) is 16. The number of aliphatic hydroxyl groups is 3. The maximum Gasteiger partial charge on any atom is 0.313 e. The molecule has 4 N–H and O–H groups in total. The number of aliphatic hydroxyl groups excluding tert-OH is 3. The number of nitrogens with one attached hydrogen (secondary N) is 1. The molecule has 0 radical (unpaired) electrons. The van der Waals surface area contributed by atoms with E-state index in [1.165, 1.54) is 23.7 Å². The molecule has 0 spiro atoms. The minimum atomic E-state index is -1.39. The molecule has 414 valence electrons. The molecule has 2 aromatic rings. The van der Waals surface area contributed by atoms with E-state index >= 15 is 0 Å². The summed E-state index contributed by atoms with van der Waals surface area (Å²) in [6.07, 6.45) is 20.6. The van der Waals surface area contributed by atoms with Crippen LogP contribution in [0.25, 0.3) is 0 Å². The van der Waals surface area contributed by atoms with Gasteiger partial charge in [-0.25, -0.2) is 10.5 Å². The van der Waals surface area contributed by atoms with Crippen LogP contribution in [0.1, 0.15) is 119 Å². The van der Waals surface area contributed by atoms with Crippen molar-refractivity contribution >= 4 is 45.9 Å². The Bertz CT molecular complexity index is 2800. The van der Waals surface area contributed by atoms with E-state index in [4.69, 9.17) is 35.2 Å². The third kappa shape index (κ3) is 8.37. The van der Waals surface area contributed by atoms with E-state index in [1.54, 1.807) is 42.5 Å². The van der Waals surface area contributed by atoms with Gasteiger partial charge in [0.15, 0.2) is 52.1 Å². The lowest BCUT2D eigenvalue weighted by molar-refractivity contribution is -0.235. The molecule has 17 nitrogen and oxygen atoms in total. The molecule has 11 aliphatic rings. The predicted octanol–water partition coefficient (Wildman–Crippen LogP) is 7.01. The van der Waals surface area contributed by atoms with Gasteiger partial charge in [0, 0.05) is 58.5 Å². The number of allylic oxidation sites excluding steroid dienone is 8. The van der Waals surface area contributed by atoms with Crippen LogP contribution in [0.3, 0.4) is 0 Å². The van der Waals surface area contributed by atoms with Gasteiger partial charge in [-0.1, -0.05) is 51.0 Å². The second-order valence-corrected chi connectivity index (χ2v) is 24.9. The largest absolute Gasteiger partial charge is 0.460 e. The summed E-state index contributed by atoms with van der Waals surface area (Å²) in [5.41, 5.74) is 0.898. The van der Waals surface area contributed by atoms with Gasteiger partial charge in [0.2, 0.25) is 0 Å². The predicted molar refractivity (Wildman–Crippen MR) is 275 cm³/mol. The summed E-state index contributed by atoms with van der Waals surface area (Å²) in [7, 11) is 0. The van der Waals surface area contributed by atoms with E-state index in [1.807, 2.05) is 19.1 Å². The highest BCUT2D eigenvalue weighted by molar-refractivity contribution is 6.67. The van der Waals surface area contributed by atoms with Crippen molar-refractivity contribution in [3.8, 4) is 0 Å². The van der Waals surface area contributed by atoms with E-state index in [0.29, 0.717) is 32.4 Å². The van der Waals surface area contributed by atoms with Crippen LogP contribution in [0.4, 0.5) is 0 Å². The molecular weight excluding hydrogens is 1010 g/mol. The molecule has 5 heterocycles. The smallest absolute Gasteiger partial charge is 0.313 e. The number of carbonyl (C=O) groups excluding carboxylic acids is 6. The van der Waals surface area contributed by atoms with Gasteiger partial charge in [-0.15, -0.1) is 0 Å². The molecule has 0 bridgehead atoms. The van der Waals surface area contributed by atoms with Crippen molar-refractivity contribution in [1.29, 1.82) is 0 Å². The zero-order chi connectivity index (χ0) is 54.5. The number of fused-ring (bicyclic) bond motifs is 14. The molecule has 1 amide bonds. The average molecular weight is 1080 g/mol. The second-order valence-electron chi connectivity index (χ2n) is 24.5. The summed E-state index contributed by atoms with van der Waals surface area (Å²) in [5.74, 6) is -0.123. The van der Waals surface area contributed by atoms with E-state index < -0.39 is 63.2 Å². The first-order valence-corrected chi connectivity index (χ1v) is 28.0. The number of ketones is 4. The van der Waals surface area contributed by atoms with Crippen molar-refractivity contribution in [1.82, 2.24) is 10.5 Å². The quantitative estimate of drug-likeness (QED) is 0.194. The third-order valence-corrected chi connectivity index (χ3v) is 21.3. The Labute approximate surface area is 452 Å². The number of hydroxylamine groups is 3. The number of amides is 1. The molecule has 3 aliphatic heterocycles. The average Bonchev–Trinajstić information content (AvgIpc) is 4.49. The van der Waals surface area contributed by atoms with Gasteiger partial charge in [-0.05, 0) is 154 Å². The van der Waals surface area contributed by atoms with Gasteiger partial charge in [-0.3, -0.25) is 38.4 Å². The number of nitrogens with zero attached hydrogens (tertiary/aromatic N) is 1. The number of hydrogen-bond donors (Lipinski definition) is 4. The summed E-state index contributed by atoms with van der Waals surface area (Å²) in [4.78, 5) is 87.1. The number of furan rings is 2. The number of rotatable bonds is 8. The molecule has 8 aliphatic carbocycles. The Morgan fingerprint density at radius 3 is 1.86 bits per heavy atom. The molecule has 9 fully saturated rings. The van der Waals surface area contributed by atoms with Gasteiger partial charge < -0.3 is 33.6 Å². The van der Waals surface area contributed by atoms with Gasteiger partial charge in [0.25, 0.3) is 5.24 Å². The minimum Gasteiger partial charge on any atom is -0.460 e. The van der Waals surface area contributed by atoms with Crippen molar-refractivity contribution in [2.45, 2.75) is 128 Å². The lowest BCUT2D eigenvalue weighted by Crippen LogP contribution is -2.63. The Morgan fingerprint density at radius 1 is 0.766 bits per heavy atom. The summed E-state index contributed by atoms with van der Waals surface area (Å²) in [5, 5.41) is 33.9. The molecular formula is C59H71ClN2O15. The maximum absolute atomic E-state index is 13.9. The SMILES string of the molecule is C[C@]12C=CC(=O)C=C1CC[C@@H]1[C@@H]2[C@@H](O)C[C@@]2(C)[C@H]1C[C@H]1CN(C(=O)c3ccco3)O[C@]12C(=O)CO.C[C@]12C=CC(=O)C=C1CC[C@@H]1[C@@H]2[C@@H](O)C[C@@]2(C)[C@H]1C[C@H]1CNO[C@]12C(=O)COC1CCCCO1.O=C(Cl)c1ccco1. The van der Waals surface area contributed by atoms with E-state index in [0.717, 1.165) is 62.5 Å². The van der Waals surface area contributed by atoms with Gasteiger partial charge >= 0.3 is 5.91 Å². The fourth-order valence-electron chi connectivity index (χ4n) is 17.9. The Balaban J connectivity index is 0.000000143. The second kappa shape index (κ2) is 20.1. The molecule has 2 aromatic heterocycles. The Hall–Kier alpha value is -4.69. The van der Waals surface area contributed by atoms with Crippen LogP contribution < -0.4 is 5.48 Å². The van der Waals surface area contributed by atoms with Crippen LogP contribution in [-0.4, -0.2) is 117 Å². The highest BCUT2D eigenvalue weighted by atomic mass is 35.5. The van der Waals surface area contributed by atoms with Crippen molar-refractivity contribution < 1.29 is 72.1 Å². The van der Waals surface area contributed by atoms with Crippen LogP contribution in [-0.2, 0) is 38.3 Å². The van der Waals surface area contributed by atoms with Crippen molar-refractivity contribution in [3.05, 3.63) is 95.9 Å². The number of halogens is 1. The van der Waals surface area contributed by atoms with Crippen molar-refractivity contribution in [2.24, 2.45) is 69.0 Å². The molecule has 13 rings (SSSR count). The number of ether oxygens (including phenoxy) is 2. The number of carbonyl (C=O) groups is 6. The highest BCUT2D eigenvalue weighted by Crippen LogP contribution is 2.72. The lowest BCUT2D eigenvalue weighted by Gasteiger charge is -2.59. The zero-order valence-electron chi connectivity index (χ0n) is 44.2. The summed E-state index contributed by atoms with van der Waals surface area (Å²) < 4.78 is 21.5. The summed E-state index contributed by atoms with van der Waals surface area (Å²) >= 11 is 5.01. The fraction of sp³-hybridized carbons (Fsp3) is 0.627. The number of Topliss-reactive ketones (excluding diaryl/α,β-unsaturated/α-hetero) is 2. The maximum atomic E-state index is 13.9. The lowest BCUT2D eigenvalue weighted by atomic mass is 9.46. The van der Waals surface area contributed by atoms with E-state index in [-0.39, 0.29) is 101 Å². The Morgan fingerprint density at radius 2 is 1.34 bits per heavy atom. The molecule has 1 unspecified atom stereocenters. The first kappa shape index (κ1) is 54.3. The van der Waals surface area contributed by atoms with Gasteiger partial charge in [0.05, 0.1) is 31.3 Å². The first-order valence-electron chi connectivity index (χ1n) is 27.6. The topological polar surface area (TPSA) is 242 Å². The summed E-state index contributed by atoms with van der Waals surface area (Å²) in [6, 6.07) is 6.29. The van der Waals surface area contributed by atoms with Crippen LogP contribution in [0.15, 0.2) is 93.2 Å². The van der Waals surface area contributed by atoms with Crippen LogP contribution in [0.2, 0.25) is 0 Å². The molecule has 6 saturated carbocycles. The zero-order valence-corrected chi connectivity index (χ0v) is 44.9. The van der Waals surface area contributed by atoms with E-state index in [9.17, 15) is 44.1 Å². The molecule has 3 saturated heterocycles. The first-order chi connectivity index (χ1) is 36.8. The normalized spacial score (nSPS) is 42.8. The molecule has 18 heteroatoms. The van der Waals surface area contributed by atoms with Crippen molar-refractivity contribution in [2.75, 3.05) is 32.9 Å². The highest BCUT2D eigenvalue weighted by Gasteiger charge is 2.77. The molecule has 77 heavy (non-hydrogen) atoms. The van der Waals surface area contributed by atoms with Crippen molar-refractivity contribution in [3.63, 3.8) is 0 Å². The third-order valence-electron chi connectivity index (χ3n) is 21.1. The molecule has 17 atom stereocenters. The van der Waals surface area contributed by atoms with Crippen LogP contribution in [0.5, 0.6) is 0 Å². The van der Waals surface area contributed by atoms with Gasteiger partial charge in [-0.2, -0.15) is 0 Å². The Kier molecular flexibility index (Phi) is 14.2. The van der Waals surface area contributed by atoms with Crippen LogP contribution in [0, 0.1) is 69.0 Å². The fourth-order valence-corrected chi connectivity index (χ4v) is 18.0. The summed E-state index contributed by atoms with van der Waals surface area (Å²) in [6.45, 7) is 9.25. The molecule has 0 aromatic carbocycles. The van der Waals surface area contributed by atoms with E-state index in [2.05, 4.69) is 30.7 Å². The standard InChI is InChI=1S/C27H31NO7.C27H37NO6.C5H3ClO2/c1-25-8-7-17(30)10-15(25)5-6-18-19-11-16-13-28(24(33)21-4-3-9-34-21)35-27(16,22(32)14-29)26(19,2)12-20(31)23(18)25;1-25-9-8-18(29)11-16(25)6-7-19-20-12-17-14-28-34-27(17,26(20,2)13-21(30)24(19)25)22(31)15-33-23-5-3-4-10-32-23;6-5(7)4-2-1-3-8-4/h3-4,7-10,16,18-20,23,29,31H,5-6,11-14H2,1-2H3;8-9,11,17,19-21,23-24,28,30H,3-7,10,12-15H2,1-2H3;1-3H/t16-,18-,19-,20-,23+,25-,26-,27-;17-,19-,20-,21-,23?,24+,25-,26-,27-;/m00./s1. The monoisotopic (exact) mass is 1080 g/mol. The van der Waals surface area contributed by atoms with Crippen LogP contribution >= 0.6 is 11.6 Å².